The maximum atomic E-state index is 13.0. The van der Waals surface area contributed by atoms with Crippen molar-refractivity contribution in [2.24, 2.45) is 0 Å². The second-order valence-electron chi connectivity index (χ2n) is 7.22. The molecule has 3 aromatic rings. The van der Waals surface area contributed by atoms with E-state index in [4.69, 9.17) is 9.47 Å². The maximum Gasteiger partial charge on any atom is 0.263 e. The number of pyridine rings is 2. The van der Waals surface area contributed by atoms with Crippen LogP contribution in [-0.2, 0) is 13.0 Å². The fourth-order valence-corrected chi connectivity index (χ4v) is 3.43. The van der Waals surface area contributed by atoms with E-state index < -0.39 is 0 Å². The van der Waals surface area contributed by atoms with Gasteiger partial charge in [-0.05, 0) is 60.7 Å². The van der Waals surface area contributed by atoms with Gasteiger partial charge in [-0.15, -0.1) is 0 Å². The Bertz CT molecular complexity index is 1110. The molecule has 154 valence electrons. The molecule has 1 amide bonds. The minimum atomic E-state index is -0.344. The predicted molar refractivity (Wildman–Crippen MR) is 112 cm³/mol. The zero-order chi connectivity index (χ0) is 20.9. The van der Waals surface area contributed by atoms with Crippen molar-refractivity contribution in [1.82, 2.24) is 14.9 Å². The Labute approximate surface area is 174 Å². The van der Waals surface area contributed by atoms with E-state index in [1.807, 2.05) is 36.5 Å². The van der Waals surface area contributed by atoms with Gasteiger partial charge in [0, 0.05) is 25.1 Å². The number of carbonyl (C=O) groups excluding carboxylic acids is 1. The molecular formula is C23H23N3O4. The highest BCUT2D eigenvalue weighted by Crippen LogP contribution is 2.32. The van der Waals surface area contributed by atoms with Gasteiger partial charge in [-0.2, -0.15) is 0 Å². The molecule has 1 aromatic carbocycles. The molecule has 30 heavy (non-hydrogen) atoms. The zero-order valence-electron chi connectivity index (χ0n) is 16.8. The van der Waals surface area contributed by atoms with Gasteiger partial charge in [0.2, 0.25) is 6.79 Å². The first-order chi connectivity index (χ1) is 14.6. The van der Waals surface area contributed by atoms with Gasteiger partial charge in [0.25, 0.3) is 11.5 Å². The van der Waals surface area contributed by atoms with Gasteiger partial charge in [-0.1, -0.05) is 12.1 Å². The summed E-state index contributed by atoms with van der Waals surface area (Å²) in [4.78, 5) is 29.7. The fourth-order valence-electron chi connectivity index (χ4n) is 3.43. The average Bonchev–Trinajstić information content (AvgIpc) is 3.22. The van der Waals surface area contributed by atoms with Crippen LogP contribution in [0, 0.1) is 6.92 Å². The average molecular weight is 405 g/mol. The van der Waals surface area contributed by atoms with E-state index in [9.17, 15) is 9.59 Å². The summed E-state index contributed by atoms with van der Waals surface area (Å²) in [5.41, 5.74) is 2.55. The van der Waals surface area contributed by atoms with Gasteiger partial charge in [-0.25, -0.2) is 0 Å². The minimum absolute atomic E-state index is 0.180. The lowest BCUT2D eigenvalue weighted by Crippen LogP contribution is -2.34. The Kier molecular flexibility index (Phi) is 5.79. The normalized spacial score (nSPS) is 12.0. The molecule has 1 N–H and O–H groups in total. The molecule has 3 heterocycles. The van der Waals surface area contributed by atoms with Gasteiger partial charge in [0.15, 0.2) is 11.5 Å². The third-order valence-electron chi connectivity index (χ3n) is 5.04. The van der Waals surface area contributed by atoms with E-state index in [1.165, 1.54) is 4.57 Å². The summed E-state index contributed by atoms with van der Waals surface area (Å²) in [5, 5.41) is 2.87. The zero-order valence-corrected chi connectivity index (χ0v) is 16.8. The first kappa shape index (κ1) is 19.7. The Morgan fingerprint density at radius 2 is 2.03 bits per heavy atom. The van der Waals surface area contributed by atoms with Gasteiger partial charge >= 0.3 is 0 Å². The molecule has 1 aliphatic rings. The summed E-state index contributed by atoms with van der Waals surface area (Å²) < 4.78 is 12.3. The monoisotopic (exact) mass is 405 g/mol. The lowest BCUT2D eigenvalue weighted by Gasteiger charge is -2.12. The molecular weight excluding hydrogens is 382 g/mol. The standard InChI is InChI=1S/C23H23N3O4/c1-16-8-11-26(14-18-6-7-19-20(12-18)30-15-29-19)23(28)21(16)22(27)25-10-3-5-17-4-2-9-24-13-17/h2,4,6-9,11-13H,3,5,10,14-15H2,1H3,(H,25,27). The van der Waals surface area contributed by atoms with E-state index in [-0.39, 0.29) is 23.8 Å². The highest BCUT2D eigenvalue weighted by atomic mass is 16.7. The number of ether oxygens (including phenoxy) is 2. The van der Waals surface area contributed by atoms with Crippen LogP contribution in [0.15, 0.2) is 59.8 Å². The smallest absolute Gasteiger partial charge is 0.263 e. The number of nitrogens with one attached hydrogen (secondary N) is 1. The van der Waals surface area contributed by atoms with Crippen LogP contribution in [0.2, 0.25) is 0 Å². The second kappa shape index (κ2) is 8.82. The number of carbonyl (C=O) groups is 1. The first-order valence-corrected chi connectivity index (χ1v) is 9.87. The van der Waals surface area contributed by atoms with E-state index in [0.717, 1.165) is 24.0 Å². The van der Waals surface area contributed by atoms with Crippen LogP contribution >= 0.6 is 0 Å². The summed E-state index contributed by atoms with van der Waals surface area (Å²) in [5.74, 6) is 1.02. The molecule has 0 radical (unpaired) electrons. The van der Waals surface area contributed by atoms with Crippen LogP contribution in [0.3, 0.4) is 0 Å². The molecule has 0 unspecified atom stereocenters. The van der Waals surface area contributed by atoms with Crippen LogP contribution in [0.1, 0.15) is 33.5 Å². The molecule has 1 aliphatic heterocycles. The van der Waals surface area contributed by atoms with Gasteiger partial charge in [-0.3, -0.25) is 14.6 Å². The summed E-state index contributed by atoms with van der Waals surface area (Å²) in [6, 6.07) is 11.3. The van der Waals surface area contributed by atoms with Crippen molar-refractivity contribution >= 4 is 5.91 Å². The summed E-state index contributed by atoms with van der Waals surface area (Å²) in [6.45, 7) is 2.81. The third kappa shape index (κ3) is 4.35. The topological polar surface area (TPSA) is 82.5 Å². The lowest BCUT2D eigenvalue weighted by molar-refractivity contribution is 0.0950. The molecule has 7 heteroatoms. The van der Waals surface area contributed by atoms with Crippen LogP contribution in [0.5, 0.6) is 11.5 Å². The number of aryl methyl sites for hydroxylation is 2. The molecule has 0 fully saturated rings. The van der Waals surface area contributed by atoms with Crippen LogP contribution in [-0.4, -0.2) is 28.8 Å². The molecule has 2 aromatic heterocycles. The molecule has 4 rings (SSSR count). The lowest BCUT2D eigenvalue weighted by atomic mass is 10.1. The van der Waals surface area contributed by atoms with Gasteiger partial charge in [0.1, 0.15) is 5.56 Å². The van der Waals surface area contributed by atoms with Crippen molar-refractivity contribution in [3.05, 3.63) is 87.6 Å². The first-order valence-electron chi connectivity index (χ1n) is 9.87. The number of fused-ring (bicyclic) bond motifs is 1. The molecule has 0 aliphatic carbocycles. The highest BCUT2D eigenvalue weighted by molar-refractivity contribution is 5.95. The van der Waals surface area contributed by atoms with Crippen LogP contribution in [0.25, 0.3) is 0 Å². The van der Waals surface area contributed by atoms with Crippen LogP contribution < -0.4 is 20.3 Å². The minimum Gasteiger partial charge on any atom is -0.454 e. The predicted octanol–water partition coefficient (Wildman–Crippen LogP) is 2.69. The van der Waals surface area contributed by atoms with E-state index in [2.05, 4.69) is 10.3 Å². The molecule has 0 bridgehead atoms. The SMILES string of the molecule is Cc1ccn(Cc2ccc3c(c2)OCO3)c(=O)c1C(=O)NCCCc1cccnc1. The number of benzene rings is 1. The summed E-state index contributed by atoms with van der Waals surface area (Å²) >= 11 is 0. The number of hydrogen-bond donors (Lipinski definition) is 1. The molecule has 0 saturated heterocycles. The van der Waals surface area contributed by atoms with E-state index in [1.54, 1.807) is 25.4 Å². The van der Waals surface area contributed by atoms with E-state index in [0.29, 0.717) is 30.2 Å². The number of amides is 1. The fraction of sp³-hybridized carbons (Fsp3) is 0.261. The quantitative estimate of drug-likeness (QED) is 0.611. The van der Waals surface area contributed by atoms with Crippen molar-refractivity contribution in [2.75, 3.05) is 13.3 Å². The number of nitrogens with zero attached hydrogens (tertiary/aromatic N) is 2. The van der Waals surface area contributed by atoms with Gasteiger partial charge < -0.3 is 19.4 Å². The number of aromatic nitrogens is 2. The summed E-state index contributed by atoms with van der Waals surface area (Å²) in [7, 11) is 0. The van der Waals surface area contributed by atoms with E-state index >= 15 is 0 Å². The highest BCUT2D eigenvalue weighted by Gasteiger charge is 2.17. The molecule has 0 spiro atoms. The van der Waals surface area contributed by atoms with Crippen molar-refractivity contribution in [1.29, 1.82) is 0 Å². The number of hydrogen-bond acceptors (Lipinski definition) is 5. The Hall–Kier alpha value is -3.61. The summed E-state index contributed by atoms with van der Waals surface area (Å²) in [6.07, 6.45) is 6.85. The van der Waals surface area contributed by atoms with Crippen molar-refractivity contribution < 1.29 is 14.3 Å². The second-order valence-corrected chi connectivity index (χ2v) is 7.22. The van der Waals surface area contributed by atoms with Gasteiger partial charge in [0.05, 0.1) is 6.54 Å². The number of rotatable bonds is 7. The Morgan fingerprint density at radius 1 is 1.17 bits per heavy atom. The molecule has 7 nitrogen and oxygen atoms in total. The maximum absolute atomic E-state index is 13.0. The van der Waals surface area contributed by atoms with Crippen molar-refractivity contribution in [3.63, 3.8) is 0 Å². The molecule has 0 atom stereocenters. The van der Waals surface area contributed by atoms with Crippen LogP contribution in [0.4, 0.5) is 0 Å². The van der Waals surface area contributed by atoms with Crippen molar-refractivity contribution in [2.45, 2.75) is 26.3 Å². The third-order valence-corrected chi connectivity index (χ3v) is 5.04. The Morgan fingerprint density at radius 3 is 2.87 bits per heavy atom. The Balaban J connectivity index is 1.43. The van der Waals surface area contributed by atoms with Crippen molar-refractivity contribution in [3.8, 4) is 11.5 Å². The largest absolute Gasteiger partial charge is 0.454 e. The molecule has 0 saturated carbocycles.